The molecule has 4 aliphatic rings. The number of fused-ring (bicyclic) bond motifs is 6. The number of benzene rings is 2. The molecule has 0 radical (unpaired) electrons. The summed E-state index contributed by atoms with van der Waals surface area (Å²) in [7, 11) is 0. The zero-order valence-corrected chi connectivity index (χ0v) is 77.1. The molecule has 4 aliphatic heterocycles. The molecule has 109 heavy (non-hydrogen) atoms. The van der Waals surface area contributed by atoms with Crippen LogP contribution in [0.4, 0.5) is 37.6 Å². The number of aliphatic carboxylic acids is 1. The third kappa shape index (κ3) is 26.4. The van der Waals surface area contributed by atoms with Crippen molar-refractivity contribution in [3.8, 4) is 0 Å². The zero-order chi connectivity index (χ0) is 80.0. The number of aliphatic hydroxyl groups excluding tert-OH is 1. The van der Waals surface area contributed by atoms with Gasteiger partial charge < -0.3 is 84.5 Å². The van der Waals surface area contributed by atoms with Crippen LogP contribution < -0.4 is 39.2 Å². The minimum atomic E-state index is -1.34. The van der Waals surface area contributed by atoms with Crippen molar-refractivity contribution in [2.24, 2.45) is 0 Å². The molecule has 5 atom stereocenters. The number of carboxylic acid groups (broad SMARTS) is 3. The van der Waals surface area contributed by atoms with Crippen LogP contribution in [0.5, 0.6) is 0 Å². The number of hydrogen-bond acceptors (Lipinski definition) is 25. The summed E-state index contributed by atoms with van der Waals surface area (Å²) in [5.41, 5.74) is -0.104. The Morgan fingerprint density at radius 2 is 0.991 bits per heavy atom. The number of esters is 2. The Hall–Kier alpha value is -3.71. The number of imidazole rings is 3. The summed E-state index contributed by atoms with van der Waals surface area (Å²) in [6.07, 6.45) is 1.22. The number of aromatic nitrogens is 8. The molecule has 11 rings (SSSR count). The number of ether oxygens (including phenoxy) is 2. The van der Waals surface area contributed by atoms with Crippen LogP contribution >= 0.6 is 189 Å². The summed E-state index contributed by atoms with van der Waals surface area (Å²) >= 11 is 34.9. The van der Waals surface area contributed by atoms with Gasteiger partial charge in [-0.3, -0.25) is 28.9 Å². The predicted octanol–water partition coefficient (Wildman–Crippen LogP) is 9.33. The maximum absolute atomic E-state index is 15.2. The minimum absolute atomic E-state index is 0. The van der Waals surface area contributed by atoms with Crippen LogP contribution in [-0.4, -0.2) is 213 Å². The van der Waals surface area contributed by atoms with Gasteiger partial charge in [0.25, 0.3) is 0 Å². The number of anilines is 2. The molecule has 5 aromatic heterocycles. The van der Waals surface area contributed by atoms with E-state index in [4.69, 9.17) is 49.4 Å². The van der Waals surface area contributed by atoms with E-state index >= 15 is 4.39 Å². The number of carbonyl (C=O) groups excluding carboxylic acids is 2. The van der Waals surface area contributed by atoms with Gasteiger partial charge in [-0.05, 0) is 52.9 Å². The van der Waals surface area contributed by atoms with E-state index in [-0.39, 0.29) is 136 Å². The van der Waals surface area contributed by atoms with Crippen LogP contribution in [0.3, 0.4) is 0 Å². The van der Waals surface area contributed by atoms with E-state index in [2.05, 4.69) is 127 Å². The number of alkyl halides is 5. The fraction of sp³-hybridized carbons (Fsp3) is 0.467. The number of rotatable bonds is 22. The van der Waals surface area contributed by atoms with Crippen molar-refractivity contribution in [2.75, 3.05) is 97.0 Å². The standard InChI is InChI=1S/C25H26ClFN6O7S.C16H16FN3O3S.C9H11BrClN3O4.C7H10ClN3O3.C2H3BrO2.CH4.I3.I2.HI/c1-13-28-10-20(33(38)39)31(13)11-15(9-26)40-21(34)12-29-3-5-30(6-4-29)19-8-18-16(7-17(19)27)23(35)22(25(36)37)24-32(18)14(2)41-24;1-8-20-11-7-12(19-4-2-18-3-5-19)10(17)6-9(11)14(21)13(16(22)23)15(20)24-8;1-6-12-4-8(14(16)17)13(6)5-7(3-11)18-9(15)2-10;1-5-9-3-7(11(13)14)10(5)4-6(12)2-8;3-1-2(4)5;;1-3-2;1-2;/h7-8,10,14-15H,3-6,9,11-12H2,1-2H3,(H,36,37);6-8,18H,2-5H2,1H3,(H,22,23);4,7H,2-3,5H2,1H3;3,6,12H,2,4H2,1H3;1H2,(H,4,5);1H4;;;1H/q;;;;;;-1;;. The van der Waals surface area contributed by atoms with E-state index in [1.165, 1.54) is 43.3 Å². The van der Waals surface area contributed by atoms with E-state index in [1.807, 2.05) is 33.1 Å². The average molecular weight is 2440 g/mol. The number of halogens is 13. The topological polar surface area (TPSA) is 433 Å². The monoisotopic (exact) mass is 2430 g/mol. The molecule has 5 N–H and O–H groups in total. The molecule has 5 unspecified atom stereocenters. The van der Waals surface area contributed by atoms with Gasteiger partial charge in [0.1, 0.15) is 77.8 Å². The summed E-state index contributed by atoms with van der Waals surface area (Å²) in [6, 6.07) is 5.56. The first-order valence-electron chi connectivity index (χ1n) is 30.9. The van der Waals surface area contributed by atoms with E-state index in [0.29, 0.717) is 102 Å². The van der Waals surface area contributed by atoms with Crippen molar-refractivity contribution >= 4 is 269 Å². The number of hydrogen-bond donors (Lipinski definition) is 5. The van der Waals surface area contributed by atoms with Gasteiger partial charge in [0, 0.05) is 121 Å². The third-order valence-electron chi connectivity index (χ3n) is 15.9. The molecule has 0 bridgehead atoms. The summed E-state index contributed by atoms with van der Waals surface area (Å²) in [5, 5.41) is 72.5. The molecule has 7 aromatic rings. The Morgan fingerprint density at radius 1 is 0.642 bits per heavy atom. The number of nitro groups is 3. The number of thioether (sulfide) groups is 2. The van der Waals surface area contributed by atoms with Gasteiger partial charge in [0.2, 0.25) is 10.9 Å². The smallest absolute Gasteiger partial charge is 0.314 e. The first-order chi connectivity index (χ1) is 50.7. The fourth-order valence-corrected chi connectivity index (χ4v) is 13.9. The maximum Gasteiger partial charge on any atom is 0.314 e. The first-order valence-corrected chi connectivity index (χ1v) is 55.3. The van der Waals surface area contributed by atoms with Crippen LogP contribution in [-0.2, 0) is 43.5 Å². The number of carboxylic acids is 3. The van der Waals surface area contributed by atoms with Gasteiger partial charge in [-0.15, -0.1) is 58.8 Å². The van der Waals surface area contributed by atoms with Crippen molar-refractivity contribution in [3.05, 3.63) is 134 Å². The average Bonchev–Trinajstić information content (AvgIpc) is 1.23. The number of aliphatic hydroxyl groups is 1. The number of carbonyl (C=O) groups is 5. The largest absolute Gasteiger partial charge is 0.481 e. The summed E-state index contributed by atoms with van der Waals surface area (Å²) in [4.78, 5) is 130. The van der Waals surface area contributed by atoms with Gasteiger partial charge in [-0.2, -0.15) is 0 Å². The number of pyridine rings is 2. The van der Waals surface area contributed by atoms with Crippen molar-refractivity contribution < 1.29 is 90.7 Å². The Bertz CT molecular complexity index is 4510. The maximum atomic E-state index is 15.2. The molecule has 0 aliphatic carbocycles. The Labute approximate surface area is 730 Å². The van der Waals surface area contributed by atoms with Gasteiger partial charge in [-0.1, -0.05) is 62.8 Å². The van der Waals surface area contributed by atoms with Crippen molar-refractivity contribution in [3.63, 3.8) is 0 Å². The summed E-state index contributed by atoms with van der Waals surface area (Å²) in [5.74, 6) is -4.70. The number of aromatic carboxylic acids is 2. The van der Waals surface area contributed by atoms with E-state index in [0.717, 1.165) is 37.7 Å². The molecule has 49 heteroatoms. The molecule has 2 fully saturated rings. The molecule has 0 spiro atoms. The predicted molar refractivity (Wildman–Crippen MR) is 457 cm³/mol. The number of aryl methyl sites for hydroxylation is 3. The Kier molecular flexibility index (Phi) is 43.8. The van der Waals surface area contributed by atoms with Gasteiger partial charge in [0.15, 0.2) is 29.7 Å². The van der Waals surface area contributed by atoms with Crippen molar-refractivity contribution in [1.29, 1.82) is 0 Å². The molecule has 0 saturated carbocycles. The molecule has 2 aromatic carbocycles. The SMILES string of the molecule is C.CC1Sc2c(C(=O)O)c(=O)c3cc(F)c(N4CCNCC4)cc3n21.Cc1ncc([N+](=O)[O-])n1CC(CCl)OC(=O)CBr.Cc1ncc([N+](=O)[O-])n1CC(CCl)OC(=O)CN1CCN(c2cc3c(cc2F)c(=O)c(C(=O)O)c2n3C(C)S2)CC1.Cc1ncc([N+](=O)[O-])n1CC(O)CCl.I.II.I[I-]I.O=C(O)CBr. The number of nitrogens with one attached hydrogen (secondary N) is 1. The van der Waals surface area contributed by atoms with E-state index < -0.39 is 85.4 Å². The van der Waals surface area contributed by atoms with Crippen molar-refractivity contribution in [2.45, 2.75) is 101 Å². The Morgan fingerprint density at radius 3 is 1.30 bits per heavy atom. The van der Waals surface area contributed by atoms with Crippen LogP contribution in [0.15, 0.2) is 62.5 Å². The summed E-state index contributed by atoms with van der Waals surface area (Å²) in [6.45, 7) is 13.4. The van der Waals surface area contributed by atoms with Crippen LogP contribution in [0.1, 0.15) is 70.2 Å². The molecular weight excluding hydrogens is 2360 g/mol. The normalized spacial score (nSPS) is 15.3. The number of nitrogens with zero attached hydrogens (tertiary/aromatic N) is 14. The van der Waals surface area contributed by atoms with Gasteiger partial charge in [0.05, 0.1) is 67.4 Å². The van der Waals surface area contributed by atoms with E-state index in [1.54, 1.807) is 37.5 Å². The quantitative estimate of drug-likeness (QED) is 0.0139. The third-order valence-corrected chi connectivity index (χ3v) is 20.2. The minimum Gasteiger partial charge on any atom is -0.481 e. The first kappa shape index (κ1) is 99.5. The van der Waals surface area contributed by atoms with E-state index in [9.17, 15) is 83.6 Å². The molecule has 2 saturated heterocycles. The Balaban J connectivity index is 0.000000386. The van der Waals surface area contributed by atoms with Crippen LogP contribution in [0.2, 0.25) is 0 Å². The molecular formula is C60H71Br2Cl3F2I6N15O19S2-. The number of piperazine rings is 2. The molecule has 9 heterocycles. The fourth-order valence-electron chi connectivity index (χ4n) is 11.0. The second-order valence-electron chi connectivity index (χ2n) is 22.6. The zero-order valence-electron chi connectivity index (χ0n) is 56.9. The van der Waals surface area contributed by atoms with Gasteiger partial charge in [-0.25, -0.2) is 47.0 Å². The van der Waals surface area contributed by atoms with Crippen LogP contribution in [0, 0.1) is 62.7 Å². The molecule has 604 valence electrons. The molecule has 0 amide bonds. The van der Waals surface area contributed by atoms with Crippen LogP contribution in [0.25, 0.3) is 21.8 Å². The molecule has 34 nitrogen and oxygen atoms in total. The van der Waals surface area contributed by atoms with Gasteiger partial charge >= 0.3 is 97.8 Å². The summed E-state index contributed by atoms with van der Waals surface area (Å²) < 4.78 is 47.9. The second-order valence-corrected chi connectivity index (χ2v) is 43.5. The second kappa shape index (κ2) is 48.0. The van der Waals surface area contributed by atoms with Crippen molar-refractivity contribution in [1.82, 2.24) is 48.0 Å².